The molecular weight excluding hydrogens is 360 g/mol. The fourth-order valence-electron chi connectivity index (χ4n) is 3.70. The maximum Gasteiger partial charge on any atom is 0.191 e. The van der Waals surface area contributed by atoms with Gasteiger partial charge in [-0.15, -0.1) is 11.3 Å². The van der Waals surface area contributed by atoms with Gasteiger partial charge < -0.3 is 20.2 Å². The maximum absolute atomic E-state index is 10.2. The van der Waals surface area contributed by atoms with E-state index in [4.69, 9.17) is 4.42 Å². The van der Waals surface area contributed by atoms with Crippen LogP contribution in [0.4, 0.5) is 0 Å². The Morgan fingerprint density at radius 1 is 1.41 bits per heavy atom. The zero-order chi connectivity index (χ0) is 19.1. The number of aliphatic hydroxyl groups excluding tert-OH is 1. The summed E-state index contributed by atoms with van der Waals surface area (Å²) < 4.78 is 5.25. The van der Waals surface area contributed by atoms with Crippen LogP contribution in [0, 0.1) is 5.92 Å². The standard InChI is InChI=1S/C20H30N4O2S/c1-3-21-20(23-14-16(25)17-8-5-11-26-17)22-13-15-7-4-10-24(2)19(15)18-9-6-12-27-18/h5-6,8-9,11-12,15-16,19,25H,3-4,7,10,13-14H2,1-2H3,(H2,21,22,23). The number of guanidine groups is 1. The van der Waals surface area contributed by atoms with Crippen molar-refractivity contribution in [3.63, 3.8) is 0 Å². The van der Waals surface area contributed by atoms with Gasteiger partial charge in [0, 0.05) is 24.0 Å². The quantitative estimate of drug-likeness (QED) is 0.501. The Kier molecular flexibility index (Phi) is 7.32. The Hall–Kier alpha value is -1.83. The predicted molar refractivity (Wildman–Crippen MR) is 110 cm³/mol. The first-order valence-corrected chi connectivity index (χ1v) is 10.5. The molecule has 1 aliphatic rings. The van der Waals surface area contributed by atoms with Crippen LogP contribution in [0.3, 0.4) is 0 Å². The minimum atomic E-state index is -0.727. The van der Waals surface area contributed by atoms with Crippen LogP contribution in [0.5, 0.6) is 0 Å². The van der Waals surface area contributed by atoms with Gasteiger partial charge >= 0.3 is 0 Å². The molecule has 0 aliphatic carbocycles. The van der Waals surface area contributed by atoms with Gasteiger partial charge in [-0.3, -0.25) is 9.89 Å². The SMILES string of the molecule is CCNC(=NCC(O)c1ccco1)NCC1CCCN(C)C1c1cccs1. The number of rotatable bonds is 7. The van der Waals surface area contributed by atoms with E-state index >= 15 is 0 Å². The van der Waals surface area contributed by atoms with Crippen molar-refractivity contribution < 1.29 is 9.52 Å². The van der Waals surface area contributed by atoms with Crippen LogP contribution < -0.4 is 10.6 Å². The molecule has 0 radical (unpaired) electrons. The van der Waals surface area contributed by atoms with Crippen LogP contribution in [-0.4, -0.2) is 49.2 Å². The molecule has 0 saturated carbocycles. The number of piperidine rings is 1. The van der Waals surface area contributed by atoms with Gasteiger partial charge in [0.1, 0.15) is 11.9 Å². The normalized spacial score (nSPS) is 22.6. The molecular formula is C20H30N4O2S. The van der Waals surface area contributed by atoms with Crippen LogP contribution in [0.15, 0.2) is 45.3 Å². The second-order valence-corrected chi connectivity index (χ2v) is 7.95. The maximum atomic E-state index is 10.2. The Labute approximate surface area is 165 Å². The molecule has 0 bridgehead atoms. The molecule has 1 aliphatic heterocycles. The van der Waals surface area contributed by atoms with E-state index in [1.54, 1.807) is 18.4 Å². The summed E-state index contributed by atoms with van der Waals surface area (Å²) in [5, 5.41) is 19.1. The van der Waals surface area contributed by atoms with Gasteiger partial charge in [-0.05, 0) is 62.9 Å². The summed E-state index contributed by atoms with van der Waals surface area (Å²) in [6.45, 7) is 5.09. The molecule has 2 aromatic heterocycles. The molecule has 3 atom stereocenters. The van der Waals surface area contributed by atoms with Crippen molar-refractivity contribution in [3.05, 3.63) is 46.5 Å². The van der Waals surface area contributed by atoms with E-state index in [2.05, 4.69) is 45.1 Å². The third-order valence-electron chi connectivity index (χ3n) is 5.01. The fraction of sp³-hybridized carbons (Fsp3) is 0.550. The lowest BCUT2D eigenvalue weighted by molar-refractivity contribution is 0.125. The number of nitrogens with zero attached hydrogens (tertiary/aromatic N) is 2. The van der Waals surface area contributed by atoms with E-state index in [-0.39, 0.29) is 6.54 Å². The monoisotopic (exact) mass is 390 g/mol. The van der Waals surface area contributed by atoms with Gasteiger partial charge in [0.15, 0.2) is 5.96 Å². The van der Waals surface area contributed by atoms with Crippen molar-refractivity contribution >= 4 is 17.3 Å². The first-order chi connectivity index (χ1) is 13.2. The molecule has 3 rings (SSSR count). The number of likely N-dealkylation sites (tertiary alicyclic amines) is 1. The number of nitrogens with one attached hydrogen (secondary N) is 2. The zero-order valence-corrected chi connectivity index (χ0v) is 16.9. The van der Waals surface area contributed by atoms with Gasteiger partial charge in [0.25, 0.3) is 0 Å². The summed E-state index contributed by atoms with van der Waals surface area (Å²) in [6.07, 6.45) is 3.26. The Balaban J connectivity index is 1.61. The highest BCUT2D eigenvalue weighted by molar-refractivity contribution is 7.10. The highest BCUT2D eigenvalue weighted by atomic mass is 32.1. The molecule has 148 valence electrons. The Morgan fingerprint density at radius 2 is 2.30 bits per heavy atom. The third-order valence-corrected chi connectivity index (χ3v) is 5.95. The molecule has 0 amide bonds. The first-order valence-electron chi connectivity index (χ1n) is 9.66. The molecule has 6 nitrogen and oxygen atoms in total. The summed E-state index contributed by atoms with van der Waals surface area (Å²) in [5.41, 5.74) is 0. The second-order valence-electron chi connectivity index (χ2n) is 6.97. The van der Waals surface area contributed by atoms with Gasteiger partial charge in [0.2, 0.25) is 0 Å². The summed E-state index contributed by atoms with van der Waals surface area (Å²) in [7, 11) is 2.22. The van der Waals surface area contributed by atoms with E-state index < -0.39 is 6.10 Å². The summed E-state index contributed by atoms with van der Waals surface area (Å²) in [6, 6.07) is 8.36. The number of aliphatic hydroxyl groups is 1. The van der Waals surface area contributed by atoms with Gasteiger partial charge in [-0.25, -0.2) is 0 Å². The van der Waals surface area contributed by atoms with Crippen LogP contribution in [0.25, 0.3) is 0 Å². The van der Waals surface area contributed by atoms with Crippen molar-refractivity contribution in [1.29, 1.82) is 0 Å². The van der Waals surface area contributed by atoms with Crippen molar-refractivity contribution in [3.8, 4) is 0 Å². The molecule has 7 heteroatoms. The average Bonchev–Trinajstić information content (AvgIpc) is 3.37. The van der Waals surface area contributed by atoms with E-state index in [1.165, 1.54) is 17.7 Å². The Morgan fingerprint density at radius 3 is 3.00 bits per heavy atom. The van der Waals surface area contributed by atoms with E-state index in [1.807, 2.05) is 18.3 Å². The lowest BCUT2D eigenvalue weighted by Crippen LogP contribution is -2.45. The van der Waals surface area contributed by atoms with Crippen LogP contribution in [0.1, 0.15) is 42.5 Å². The topological polar surface area (TPSA) is 73.0 Å². The van der Waals surface area contributed by atoms with Gasteiger partial charge in [-0.2, -0.15) is 0 Å². The third kappa shape index (κ3) is 5.34. The van der Waals surface area contributed by atoms with Crippen molar-refractivity contribution in [2.24, 2.45) is 10.9 Å². The first kappa shape index (κ1) is 19.9. The van der Waals surface area contributed by atoms with Crippen LogP contribution in [0.2, 0.25) is 0 Å². The summed E-state index contributed by atoms with van der Waals surface area (Å²) in [5.74, 6) is 1.81. The smallest absolute Gasteiger partial charge is 0.191 e. The number of furan rings is 1. The van der Waals surface area contributed by atoms with Crippen LogP contribution in [-0.2, 0) is 0 Å². The number of aliphatic imine (C=N–C) groups is 1. The second kappa shape index (κ2) is 9.92. The minimum Gasteiger partial charge on any atom is -0.467 e. The minimum absolute atomic E-state index is 0.266. The largest absolute Gasteiger partial charge is 0.467 e. The van der Waals surface area contributed by atoms with E-state index in [9.17, 15) is 5.11 Å². The zero-order valence-electron chi connectivity index (χ0n) is 16.1. The molecule has 2 aromatic rings. The highest BCUT2D eigenvalue weighted by Crippen LogP contribution is 2.36. The molecule has 3 N–H and O–H groups in total. The lowest BCUT2D eigenvalue weighted by atomic mass is 9.88. The predicted octanol–water partition coefficient (Wildman–Crippen LogP) is 3.01. The molecule has 3 unspecified atom stereocenters. The molecule has 27 heavy (non-hydrogen) atoms. The van der Waals surface area contributed by atoms with E-state index in [0.717, 1.165) is 25.6 Å². The number of thiophene rings is 1. The van der Waals surface area contributed by atoms with Gasteiger partial charge in [0.05, 0.1) is 12.8 Å². The van der Waals surface area contributed by atoms with Gasteiger partial charge in [-0.1, -0.05) is 6.07 Å². The molecule has 0 aromatic carbocycles. The molecule has 3 heterocycles. The molecule has 1 saturated heterocycles. The lowest BCUT2D eigenvalue weighted by Gasteiger charge is -2.39. The van der Waals surface area contributed by atoms with Crippen molar-refractivity contribution in [1.82, 2.24) is 15.5 Å². The van der Waals surface area contributed by atoms with Crippen molar-refractivity contribution in [2.75, 3.05) is 33.2 Å². The summed E-state index contributed by atoms with van der Waals surface area (Å²) >= 11 is 1.84. The van der Waals surface area contributed by atoms with E-state index in [0.29, 0.717) is 17.7 Å². The molecule has 0 spiro atoms. The molecule has 1 fully saturated rings. The number of hydrogen-bond donors (Lipinski definition) is 3. The van der Waals surface area contributed by atoms with Crippen molar-refractivity contribution in [2.45, 2.75) is 31.9 Å². The number of hydrogen-bond acceptors (Lipinski definition) is 5. The highest BCUT2D eigenvalue weighted by Gasteiger charge is 2.31. The van der Waals surface area contributed by atoms with Crippen LogP contribution >= 0.6 is 11.3 Å². The Bertz CT molecular complexity index is 687. The summed E-state index contributed by atoms with van der Waals surface area (Å²) in [4.78, 5) is 8.43. The fourth-order valence-corrected chi connectivity index (χ4v) is 4.68. The average molecular weight is 391 g/mol.